The largest absolute Gasteiger partial charge is 0.352 e. The molecule has 0 bridgehead atoms. The highest BCUT2D eigenvalue weighted by Crippen LogP contribution is 2.26. The number of nitrogens with zero attached hydrogens (tertiary/aromatic N) is 1. The number of aryl methyl sites for hydroxylation is 2. The van der Waals surface area contributed by atoms with Crippen molar-refractivity contribution < 1.29 is 13.2 Å². The summed E-state index contributed by atoms with van der Waals surface area (Å²) in [7, 11) is -3.50. The van der Waals surface area contributed by atoms with Gasteiger partial charge in [0.05, 0.1) is 4.90 Å². The minimum atomic E-state index is -3.50. The molecule has 1 amide bonds. The number of benzene rings is 1. The molecule has 2 N–H and O–H groups in total. The van der Waals surface area contributed by atoms with Crippen molar-refractivity contribution in [3.8, 4) is 0 Å². The lowest BCUT2D eigenvalue weighted by Crippen LogP contribution is -2.43. The summed E-state index contributed by atoms with van der Waals surface area (Å²) in [4.78, 5) is 12.8. The van der Waals surface area contributed by atoms with Crippen LogP contribution in [0.15, 0.2) is 34.7 Å². The summed E-state index contributed by atoms with van der Waals surface area (Å²) >= 11 is 0. The van der Waals surface area contributed by atoms with E-state index in [-0.39, 0.29) is 11.8 Å². The summed E-state index contributed by atoms with van der Waals surface area (Å²) in [6.07, 6.45) is 4.23. The molecular weight excluding hydrogens is 362 g/mol. The third-order valence-electron chi connectivity index (χ3n) is 5.42. The summed E-state index contributed by atoms with van der Waals surface area (Å²) in [5.41, 5.74) is 3.08. The van der Waals surface area contributed by atoms with Crippen molar-refractivity contribution in [1.29, 1.82) is 0 Å². The van der Waals surface area contributed by atoms with Gasteiger partial charge in [0.15, 0.2) is 0 Å². The third kappa shape index (κ3) is 4.78. The maximum absolute atomic E-state index is 12.9. The minimum Gasteiger partial charge on any atom is -0.352 e. The van der Waals surface area contributed by atoms with E-state index in [0.717, 1.165) is 30.6 Å². The molecular formula is C20H29N3O3S. The average molecular weight is 392 g/mol. The molecule has 6 nitrogen and oxygen atoms in total. The Kier molecular flexibility index (Phi) is 6.34. The lowest BCUT2D eigenvalue weighted by molar-refractivity contribution is -0.125. The Hall–Kier alpha value is -1.70. The van der Waals surface area contributed by atoms with E-state index in [1.54, 1.807) is 6.07 Å². The van der Waals surface area contributed by atoms with E-state index in [1.807, 2.05) is 26.0 Å². The first kappa shape index (κ1) is 20.0. The quantitative estimate of drug-likeness (QED) is 0.750. The van der Waals surface area contributed by atoms with Crippen LogP contribution in [0, 0.1) is 19.8 Å². The second kappa shape index (κ2) is 8.54. The molecule has 2 aliphatic rings. The second-order valence-electron chi connectivity index (χ2n) is 7.48. The van der Waals surface area contributed by atoms with Gasteiger partial charge in [-0.25, -0.2) is 8.42 Å². The van der Waals surface area contributed by atoms with E-state index in [2.05, 4.69) is 16.7 Å². The van der Waals surface area contributed by atoms with E-state index in [0.29, 0.717) is 37.4 Å². The fourth-order valence-electron chi connectivity index (χ4n) is 3.76. The standard InChI is InChI=1S/C20H29N3O3S/c1-15-3-4-19(16(2)13-15)27(25,26)23-11-7-18(8-12-23)20(24)22-14-17-5-9-21-10-6-17/h3-5,13,18,21H,6-12,14H2,1-2H3,(H,22,24). The topological polar surface area (TPSA) is 78.5 Å². The smallest absolute Gasteiger partial charge is 0.243 e. The summed E-state index contributed by atoms with van der Waals surface area (Å²) in [6, 6.07) is 5.41. The van der Waals surface area contributed by atoms with Gasteiger partial charge in [-0.2, -0.15) is 4.31 Å². The Balaban J connectivity index is 1.56. The monoisotopic (exact) mass is 391 g/mol. The van der Waals surface area contributed by atoms with Crippen LogP contribution in [0.3, 0.4) is 0 Å². The van der Waals surface area contributed by atoms with Gasteiger partial charge in [-0.05, 0) is 51.3 Å². The lowest BCUT2D eigenvalue weighted by atomic mass is 9.97. The first-order valence-corrected chi connectivity index (χ1v) is 11.1. The molecule has 2 aliphatic heterocycles. The molecule has 1 fully saturated rings. The molecule has 0 unspecified atom stereocenters. The number of amides is 1. The first-order valence-electron chi connectivity index (χ1n) is 9.61. The van der Waals surface area contributed by atoms with Crippen molar-refractivity contribution in [2.24, 2.45) is 5.92 Å². The average Bonchev–Trinajstić information content (AvgIpc) is 2.66. The van der Waals surface area contributed by atoms with Gasteiger partial charge in [-0.1, -0.05) is 29.3 Å². The summed E-state index contributed by atoms with van der Waals surface area (Å²) in [6.45, 7) is 6.97. The number of hydrogen-bond acceptors (Lipinski definition) is 4. The summed E-state index contributed by atoms with van der Waals surface area (Å²) in [5, 5.41) is 6.27. The van der Waals surface area contributed by atoms with Crippen molar-refractivity contribution in [2.75, 3.05) is 32.7 Å². The van der Waals surface area contributed by atoms with Crippen molar-refractivity contribution in [3.05, 3.63) is 41.0 Å². The molecule has 1 saturated heterocycles. The molecule has 1 aromatic carbocycles. The highest BCUT2D eigenvalue weighted by Gasteiger charge is 2.32. The fraction of sp³-hybridized carbons (Fsp3) is 0.550. The third-order valence-corrected chi connectivity index (χ3v) is 7.48. The molecule has 148 valence electrons. The SMILES string of the molecule is Cc1ccc(S(=O)(=O)N2CCC(C(=O)NCC3=CCNCC3)CC2)c(C)c1. The van der Waals surface area contributed by atoms with Crippen LogP contribution >= 0.6 is 0 Å². The van der Waals surface area contributed by atoms with Gasteiger partial charge in [-0.3, -0.25) is 4.79 Å². The number of hydrogen-bond donors (Lipinski definition) is 2. The Morgan fingerprint density at radius 1 is 1.26 bits per heavy atom. The van der Waals surface area contributed by atoms with Crippen LogP contribution in [0.2, 0.25) is 0 Å². The normalized spacial score (nSPS) is 19.6. The Labute approximate surface area is 162 Å². The van der Waals surface area contributed by atoms with Crippen LogP contribution in [-0.2, 0) is 14.8 Å². The molecule has 3 rings (SSSR count). The molecule has 0 spiro atoms. The molecule has 0 atom stereocenters. The Bertz CT molecular complexity index is 825. The molecule has 1 aromatic rings. The van der Waals surface area contributed by atoms with Gasteiger partial charge in [0, 0.05) is 32.1 Å². The van der Waals surface area contributed by atoms with Crippen molar-refractivity contribution in [3.63, 3.8) is 0 Å². The van der Waals surface area contributed by atoms with Gasteiger partial charge in [0.2, 0.25) is 15.9 Å². The van der Waals surface area contributed by atoms with Crippen LogP contribution in [0.4, 0.5) is 0 Å². The Morgan fingerprint density at radius 3 is 2.63 bits per heavy atom. The molecule has 0 saturated carbocycles. The molecule has 7 heteroatoms. The van der Waals surface area contributed by atoms with Crippen LogP contribution < -0.4 is 10.6 Å². The zero-order valence-corrected chi connectivity index (χ0v) is 16.9. The van der Waals surface area contributed by atoms with Gasteiger partial charge in [0.1, 0.15) is 0 Å². The van der Waals surface area contributed by atoms with Crippen molar-refractivity contribution >= 4 is 15.9 Å². The fourth-order valence-corrected chi connectivity index (χ4v) is 5.44. The second-order valence-corrected chi connectivity index (χ2v) is 9.39. The maximum atomic E-state index is 12.9. The molecule has 27 heavy (non-hydrogen) atoms. The zero-order chi connectivity index (χ0) is 19.4. The van der Waals surface area contributed by atoms with E-state index in [9.17, 15) is 13.2 Å². The predicted molar refractivity (Wildman–Crippen MR) is 106 cm³/mol. The molecule has 0 aliphatic carbocycles. The van der Waals surface area contributed by atoms with Crippen molar-refractivity contribution in [1.82, 2.24) is 14.9 Å². The van der Waals surface area contributed by atoms with Crippen LogP contribution in [0.5, 0.6) is 0 Å². The van der Waals surface area contributed by atoms with Gasteiger partial charge < -0.3 is 10.6 Å². The number of rotatable bonds is 5. The van der Waals surface area contributed by atoms with Gasteiger partial charge in [0.25, 0.3) is 0 Å². The first-order chi connectivity index (χ1) is 12.9. The molecule has 0 radical (unpaired) electrons. The van der Waals surface area contributed by atoms with Gasteiger partial charge in [-0.15, -0.1) is 0 Å². The van der Waals surface area contributed by atoms with Crippen LogP contribution in [0.1, 0.15) is 30.4 Å². The molecule has 0 aromatic heterocycles. The van der Waals surface area contributed by atoms with E-state index in [1.165, 1.54) is 9.88 Å². The lowest BCUT2D eigenvalue weighted by Gasteiger charge is -2.31. The molecule has 2 heterocycles. The number of piperidine rings is 1. The number of nitrogens with one attached hydrogen (secondary N) is 2. The predicted octanol–water partition coefficient (Wildman–Crippen LogP) is 1.74. The number of carbonyl (C=O) groups excluding carboxylic acids is 1. The highest BCUT2D eigenvalue weighted by molar-refractivity contribution is 7.89. The summed E-state index contributed by atoms with van der Waals surface area (Å²) in [5.74, 6) is -0.0733. The van der Waals surface area contributed by atoms with Crippen LogP contribution in [0.25, 0.3) is 0 Å². The zero-order valence-electron chi connectivity index (χ0n) is 16.1. The van der Waals surface area contributed by atoms with Gasteiger partial charge >= 0.3 is 0 Å². The van der Waals surface area contributed by atoms with E-state index in [4.69, 9.17) is 0 Å². The highest BCUT2D eigenvalue weighted by atomic mass is 32.2. The van der Waals surface area contributed by atoms with Crippen molar-refractivity contribution in [2.45, 2.75) is 38.0 Å². The minimum absolute atomic E-state index is 0.0398. The van der Waals surface area contributed by atoms with E-state index >= 15 is 0 Å². The van der Waals surface area contributed by atoms with Crippen LogP contribution in [-0.4, -0.2) is 51.4 Å². The summed E-state index contributed by atoms with van der Waals surface area (Å²) < 4.78 is 27.4. The number of sulfonamides is 1. The maximum Gasteiger partial charge on any atom is 0.243 e. The van der Waals surface area contributed by atoms with E-state index < -0.39 is 10.0 Å². The number of carbonyl (C=O) groups is 1. The Morgan fingerprint density at radius 2 is 2.00 bits per heavy atom.